The molecule has 7 heteroatoms. The van der Waals surface area contributed by atoms with Crippen molar-refractivity contribution >= 4 is 14.2 Å². The van der Waals surface area contributed by atoms with E-state index in [0.717, 1.165) is 0 Å². The molecule has 2 atom stereocenters. The Hall–Kier alpha value is -0.420. The fourth-order valence-electron chi connectivity index (χ4n) is 1.04. The highest BCUT2D eigenvalue weighted by Crippen LogP contribution is 2.24. The monoisotopic (exact) mass is 195 g/mol. The van der Waals surface area contributed by atoms with Crippen LogP contribution in [0.3, 0.4) is 0 Å². The maximum Gasteiger partial charge on any atom is 0.316 e. The molecule has 1 rings (SSSR count). The van der Waals surface area contributed by atoms with Gasteiger partial charge < -0.3 is 9.42 Å². The summed E-state index contributed by atoms with van der Waals surface area (Å²) in [6.45, 7) is 0.151. The topological polar surface area (TPSA) is 87.1 Å². The maximum absolute atomic E-state index is 10.8. The molecule has 0 aromatic heterocycles. The van der Waals surface area contributed by atoms with E-state index in [2.05, 4.69) is 4.52 Å². The van der Waals surface area contributed by atoms with E-state index in [0.29, 0.717) is 11.5 Å². The van der Waals surface area contributed by atoms with Gasteiger partial charge in [-0.2, -0.15) is 0 Å². The average Bonchev–Trinajstić information content (AvgIpc) is 1.96. The van der Waals surface area contributed by atoms with Crippen molar-refractivity contribution in [2.24, 2.45) is 0 Å². The van der Waals surface area contributed by atoms with Gasteiger partial charge in [0.2, 0.25) is 5.91 Å². The lowest BCUT2D eigenvalue weighted by Gasteiger charge is -2.25. The Kier molecular flexibility index (Phi) is 3.22. The molecule has 1 amide bonds. The standard InChI is InChI=1S/C5H10NO5P/c7-5-3-4(11-12(9)10)1-2-6(5)8/h4,8,12H,1-3H2,(H,9,10). The normalized spacial score (nSPS) is 27.3. The van der Waals surface area contributed by atoms with Gasteiger partial charge in [-0.05, 0) is 6.42 Å². The van der Waals surface area contributed by atoms with Crippen molar-refractivity contribution in [3.63, 3.8) is 0 Å². The summed E-state index contributed by atoms with van der Waals surface area (Å²) in [6.07, 6.45) is -0.176. The van der Waals surface area contributed by atoms with E-state index in [9.17, 15) is 9.36 Å². The maximum atomic E-state index is 10.8. The molecule has 1 fully saturated rings. The fourth-order valence-corrected chi connectivity index (χ4v) is 1.52. The summed E-state index contributed by atoms with van der Waals surface area (Å²) in [5, 5.41) is 9.42. The van der Waals surface area contributed by atoms with Crippen LogP contribution >= 0.6 is 8.25 Å². The molecule has 2 unspecified atom stereocenters. The van der Waals surface area contributed by atoms with E-state index in [1.165, 1.54) is 0 Å². The molecule has 0 aliphatic carbocycles. The fraction of sp³-hybridized carbons (Fsp3) is 0.800. The van der Waals surface area contributed by atoms with Crippen LogP contribution in [0.2, 0.25) is 0 Å². The van der Waals surface area contributed by atoms with E-state index in [1.807, 2.05) is 0 Å². The first-order valence-electron chi connectivity index (χ1n) is 3.48. The smallest absolute Gasteiger partial charge is 0.316 e. The predicted molar refractivity (Wildman–Crippen MR) is 38.8 cm³/mol. The summed E-state index contributed by atoms with van der Waals surface area (Å²) < 4.78 is 14.8. The molecule has 70 valence electrons. The molecule has 2 N–H and O–H groups in total. The molecule has 0 aromatic carbocycles. The molecular formula is C5H10NO5P. The van der Waals surface area contributed by atoms with Gasteiger partial charge in [-0.15, -0.1) is 0 Å². The van der Waals surface area contributed by atoms with Gasteiger partial charge in [0.15, 0.2) is 0 Å². The Labute approximate surface area is 69.6 Å². The largest absolute Gasteiger partial charge is 0.326 e. The predicted octanol–water partition coefficient (Wildman–Crippen LogP) is -0.235. The number of hydrogen-bond acceptors (Lipinski definition) is 4. The molecule has 1 saturated heterocycles. The van der Waals surface area contributed by atoms with Gasteiger partial charge in [-0.1, -0.05) is 0 Å². The number of carbonyl (C=O) groups excluding carboxylic acids is 1. The number of amides is 1. The van der Waals surface area contributed by atoms with E-state index in [4.69, 9.17) is 10.1 Å². The lowest BCUT2D eigenvalue weighted by atomic mass is 10.1. The van der Waals surface area contributed by atoms with Crippen molar-refractivity contribution in [2.45, 2.75) is 18.9 Å². The van der Waals surface area contributed by atoms with Crippen molar-refractivity contribution in [3.8, 4) is 0 Å². The van der Waals surface area contributed by atoms with Gasteiger partial charge in [0.25, 0.3) is 0 Å². The summed E-state index contributed by atoms with van der Waals surface area (Å²) in [4.78, 5) is 19.2. The minimum Gasteiger partial charge on any atom is -0.326 e. The number of carbonyl (C=O) groups is 1. The lowest BCUT2D eigenvalue weighted by Crippen LogP contribution is -2.38. The number of nitrogens with zero attached hydrogens (tertiary/aromatic N) is 1. The van der Waals surface area contributed by atoms with Crippen LogP contribution in [0.15, 0.2) is 0 Å². The van der Waals surface area contributed by atoms with E-state index >= 15 is 0 Å². The van der Waals surface area contributed by atoms with Crippen LogP contribution in [0.25, 0.3) is 0 Å². The van der Waals surface area contributed by atoms with Crippen LogP contribution in [0.4, 0.5) is 0 Å². The van der Waals surface area contributed by atoms with E-state index < -0.39 is 20.3 Å². The van der Waals surface area contributed by atoms with Gasteiger partial charge in [-0.3, -0.25) is 14.6 Å². The van der Waals surface area contributed by atoms with Gasteiger partial charge in [0.1, 0.15) is 0 Å². The van der Waals surface area contributed by atoms with Crippen molar-refractivity contribution in [1.29, 1.82) is 0 Å². The third-order valence-corrected chi connectivity index (χ3v) is 2.16. The van der Waals surface area contributed by atoms with E-state index in [1.54, 1.807) is 0 Å². The summed E-state index contributed by atoms with van der Waals surface area (Å²) in [5.41, 5.74) is 0. The molecular weight excluding hydrogens is 185 g/mol. The van der Waals surface area contributed by atoms with Crippen LogP contribution in [0, 0.1) is 0 Å². The average molecular weight is 195 g/mol. The van der Waals surface area contributed by atoms with Gasteiger partial charge in [-0.25, -0.2) is 5.06 Å². The minimum absolute atomic E-state index is 0.0343. The van der Waals surface area contributed by atoms with Crippen LogP contribution in [0.5, 0.6) is 0 Å². The van der Waals surface area contributed by atoms with E-state index in [-0.39, 0.29) is 13.0 Å². The second-order valence-corrected chi connectivity index (χ2v) is 3.28. The Balaban J connectivity index is 2.40. The zero-order chi connectivity index (χ0) is 9.14. The highest BCUT2D eigenvalue weighted by atomic mass is 31.1. The van der Waals surface area contributed by atoms with Crippen molar-refractivity contribution in [2.75, 3.05) is 6.54 Å². The van der Waals surface area contributed by atoms with Gasteiger partial charge in [0.05, 0.1) is 19.1 Å². The molecule has 6 nitrogen and oxygen atoms in total. The molecule has 1 heterocycles. The van der Waals surface area contributed by atoms with Gasteiger partial charge in [0, 0.05) is 0 Å². The third-order valence-electron chi connectivity index (χ3n) is 1.62. The molecule has 0 saturated carbocycles. The number of hydroxylamine groups is 2. The number of piperidine rings is 1. The molecule has 0 spiro atoms. The van der Waals surface area contributed by atoms with Crippen molar-refractivity contribution in [1.82, 2.24) is 5.06 Å². The summed E-state index contributed by atoms with van der Waals surface area (Å²) >= 11 is 0. The second kappa shape index (κ2) is 4.00. The highest BCUT2D eigenvalue weighted by molar-refractivity contribution is 7.32. The van der Waals surface area contributed by atoms with Crippen molar-refractivity contribution < 1.29 is 24.0 Å². The zero-order valence-corrected chi connectivity index (χ0v) is 7.27. The molecule has 1 aliphatic heterocycles. The Morgan fingerprint density at radius 3 is 2.83 bits per heavy atom. The first-order valence-corrected chi connectivity index (χ1v) is 4.75. The Bertz CT molecular complexity index is 208. The summed E-state index contributed by atoms with van der Waals surface area (Å²) in [5.74, 6) is -0.477. The first kappa shape index (κ1) is 9.67. The first-order chi connectivity index (χ1) is 5.59. The molecule has 12 heavy (non-hydrogen) atoms. The molecule has 0 aromatic rings. The number of rotatable bonds is 2. The SMILES string of the molecule is O=C1CC(O[PH](=O)O)CCN1O. The molecule has 1 aliphatic rings. The second-order valence-electron chi connectivity index (χ2n) is 2.52. The van der Waals surface area contributed by atoms with Crippen LogP contribution in [-0.4, -0.2) is 33.7 Å². The quantitative estimate of drug-likeness (QED) is 0.469. The van der Waals surface area contributed by atoms with Crippen LogP contribution in [-0.2, 0) is 13.9 Å². The van der Waals surface area contributed by atoms with Gasteiger partial charge >= 0.3 is 8.25 Å². The third kappa shape index (κ3) is 2.57. The lowest BCUT2D eigenvalue weighted by molar-refractivity contribution is -0.174. The zero-order valence-electron chi connectivity index (χ0n) is 6.27. The summed E-state index contributed by atoms with van der Waals surface area (Å²) in [6, 6.07) is 0. The Morgan fingerprint density at radius 1 is 1.67 bits per heavy atom. The number of hydrogen-bond donors (Lipinski definition) is 2. The van der Waals surface area contributed by atoms with Crippen LogP contribution < -0.4 is 0 Å². The molecule has 0 bridgehead atoms. The summed E-state index contributed by atoms with van der Waals surface area (Å²) in [7, 11) is -2.98. The molecule has 0 radical (unpaired) electrons. The van der Waals surface area contributed by atoms with Crippen molar-refractivity contribution in [3.05, 3.63) is 0 Å². The highest BCUT2D eigenvalue weighted by Gasteiger charge is 2.26. The van der Waals surface area contributed by atoms with Crippen LogP contribution in [0.1, 0.15) is 12.8 Å². The minimum atomic E-state index is -2.98. The Morgan fingerprint density at radius 2 is 2.33 bits per heavy atom.